The first-order valence-electron chi connectivity index (χ1n) is 9.15. The van der Waals surface area contributed by atoms with Gasteiger partial charge in [-0.2, -0.15) is 4.31 Å². The van der Waals surface area contributed by atoms with E-state index in [0.29, 0.717) is 24.3 Å². The molecule has 2 heterocycles. The molecule has 2 aromatic carbocycles. The van der Waals surface area contributed by atoms with E-state index in [-0.39, 0.29) is 36.0 Å². The molecule has 10 nitrogen and oxygen atoms in total. The van der Waals surface area contributed by atoms with E-state index in [1.54, 1.807) is 24.3 Å². The van der Waals surface area contributed by atoms with Crippen molar-refractivity contribution in [2.75, 3.05) is 31.6 Å². The number of ether oxygens (including phenoxy) is 1. The predicted octanol–water partition coefficient (Wildman–Crippen LogP) is 0.960. The Labute approximate surface area is 171 Å². The molecule has 0 atom stereocenters. The molecule has 1 aliphatic heterocycles. The van der Waals surface area contributed by atoms with Crippen LogP contribution in [0.25, 0.3) is 11.1 Å². The Hall–Kier alpha value is -3.15. The van der Waals surface area contributed by atoms with E-state index in [1.807, 2.05) is 0 Å². The van der Waals surface area contributed by atoms with Crippen LogP contribution in [0.1, 0.15) is 0 Å². The molecule has 11 heteroatoms. The lowest BCUT2D eigenvalue weighted by atomic mass is 10.3. The third-order valence-corrected chi connectivity index (χ3v) is 6.62. The summed E-state index contributed by atoms with van der Waals surface area (Å²) in [7, 11) is -3.80. The molecule has 0 unspecified atom stereocenters. The Bertz CT molecular complexity index is 1260. The lowest BCUT2D eigenvalue weighted by Crippen LogP contribution is -2.40. The monoisotopic (exact) mass is 433 g/mol. The van der Waals surface area contributed by atoms with Crippen molar-refractivity contribution in [3.63, 3.8) is 0 Å². The van der Waals surface area contributed by atoms with Crippen LogP contribution in [0.15, 0.2) is 56.6 Å². The maximum atomic E-state index is 12.8. The number of carbonyl (C=O) groups excluding carboxylic acids is 1. The van der Waals surface area contributed by atoms with Crippen molar-refractivity contribution in [3.05, 3.63) is 53.0 Å². The number of carbonyl (C=O) groups is 1. The first-order valence-corrected chi connectivity index (χ1v) is 10.6. The molecule has 30 heavy (non-hydrogen) atoms. The number of benzene rings is 2. The van der Waals surface area contributed by atoms with Crippen molar-refractivity contribution >= 4 is 32.7 Å². The number of phenolic OH excluding ortho intramolecular Hbond substituents is 1. The highest BCUT2D eigenvalue weighted by Crippen LogP contribution is 2.28. The van der Waals surface area contributed by atoms with E-state index < -0.39 is 21.7 Å². The topological polar surface area (TPSA) is 131 Å². The fraction of sp³-hybridized carbons (Fsp3) is 0.263. The number of amides is 1. The minimum atomic E-state index is -3.80. The minimum absolute atomic E-state index is 0.0663. The maximum absolute atomic E-state index is 12.8. The standard InChI is InChI=1S/C19H19N3O7S/c23-16-6-5-13(30(26,27)21-7-9-28-10-8-21)11-14(16)20-18(24)12-22-15-3-1-2-4-17(15)29-19(22)25/h1-6,11,23H,7-10,12H2,(H,20,24). The SMILES string of the molecule is O=C(Cn1c(=O)oc2ccccc21)Nc1cc(S(=O)(=O)N2CCOCC2)ccc1O. The van der Waals surface area contributed by atoms with E-state index in [9.17, 15) is 23.1 Å². The highest BCUT2D eigenvalue weighted by atomic mass is 32.2. The Morgan fingerprint density at radius 1 is 1.13 bits per heavy atom. The Morgan fingerprint density at radius 2 is 1.87 bits per heavy atom. The minimum Gasteiger partial charge on any atom is -0.506 e. The summed E-state index contributed by atoms with van der Waals surface area (Å²) in [4.78, 5) is 24.5. The zero-order chi connectivity index (χ0) is 21.3. The summed E-state index contributed by atoms with van der Waals surface area (Å²) in [6.07, 6.45) is 0. The summed E-state index contributed by atoms with van der Waals surface area (Å²) in [6.45, 7) is 0.682. The highest BCUT2D eigenvalue weighted by molar-refractivity contribution is 7.89. The molecule has 1 aliphatic rings. The average molecular weight is 433 g/mol. The van der Waals surface area contributed by atoms with E-state index in [2.05, 4.69) is 5.32 Å². The zero-order valence-electron chi connectivity index (χ0n) is 15.8. The number of hydrogen-bond acceptors (Lipinski definition) is 7. The summed E-state index contributed by atoms with van der Waals surface area (Å²) >= 11 is 0. The van der Waals surface area contributed by atoms with Gasteiger partial charge in [-0.1, -0.05) is 12.1 Å². The van der Waals surface area contributed by atoms with Crippen molar-refractivity contribution in [2.45, 2.75) is 11.4 Å². The summed E-state index contributed by atoms with van der Waals surface area (Å²) in [5.41, 5.74) is 0.720. The number of nitrogens with one attached hydrogen (secondary N) is 1. The normalized spacial score (nSPS) is 15.3. The molecule has 0 saturated carbocycles. The number of rotatable bonds is 5. The van der Waals surface area contributed by atoms with Crippen molar-refractivity contribution in [1.29, 1.82) is 0 Å². The van der Waals surface area contributed by atoms with Gasteiger partial charge in [-0.05, 0) is 30.3 Å². The molecule has 3 aromatic rings. The molecule has 1 aromatic heterocycles. The molecule has 0 spiro atoms. The van der Waals surface area contributed by atoms with E-state index >= 15 is 0 Å². The molecule has 0 bridgehead atoms. The molecule has 4 rings (SSSR count). The lowest BCUT2D eigenvalue weighted by molar-refractivity contribution is -0.116. The number of para-hydroxylation sites is 2. The molecule has 1 amide bonds. The van der Waals surface area contributed by atoms with Crippen LogP contribution >= 0.6 is 0 Å². The first kappa shape index (κ1) is 20.1. The van der Waals surface area contributed by atoms with Crippen LogP contribution in [-0.2, 0) is 26.1 Å². The van der Waals surface area contributed by atoms with Crippen molar-refractivity contribution < 1.29 is 27.5 Å². The zero-order valence-corrected chi connectivity index (χ0v) is 16.6. The number of sulfonamides is 1. The number of morpholine rings is 1. The molecule has 2 N–H and O–H groups in total. The van der Waals surface area contributed by atoms with Crippen LogP contribution < -0.4 is 11.1 Å². The second-order valence-electron chi connectivity index (χ2n) is 6.67. The second-order valence-corrected chi connectivity index (χ2v) is 8.60. The predicted molar refractivity (Wildman–Crippen MR) is 107 cm³/mol. The number of nitrogens with zero attached hydrogens (tertiary/aromatic N) is 2. The molecule has 1 saturated heterocycles. The van der Waals surface area contributed by atoms with Gasteiger partial charge in [0, 0.05) is 13.1 Å². The Balaban J connectivity index is 1.57. The second kappa shape index (κ2) is 7.94. The van der Waals surface area contributed by atoms with Gasteiger partial charge in [-0.15, -0.1) is 0 Å². The van der Waals surface area contributed by atoms with Gasteiger partial charge in [0.1, 0.15) is 12.3 Å². The van der Waals surface area contributed by atoms with Gasteiger partial charge in [0.25, 0.3) is 0 Å². The van der Waals surface area contributed by atoms with Crippen molar-refractivity contribution in [2.24, 2.45) is 0 Å². The fourth-order valence-electron chi connectivity index (χ4n) is 3.21. The van der Waals surface area contributed by atoms with Gasteiger partial charge in [0.2, 0.25) is 15.9 Å². The van der Waals surface area contributed by atoms with E-state index in [1.165, 1.54) is 22.5 Å². The summed E-state index contributed by atoms with van der Waals surface area (Å²) in [5, 5.41) is 12.5. The number of anilines is 1. The number of aromatic nitrogens is 1. The number of fused-ring (bicyclic) bond motifs is 1. The van der Waals surface area contributed by atoms with Crippen LogP contribution in [0, 0.1) is 0 Å². The third-order valence-electron chi connectivity index (χ3n) is 4.73. The Kier molecular flexibility index (Phi) is 5.33. The number of hydrogen-bond donors (Lipinski definition) is 2. The third kappa shape index (κ3) is 3.82. The van der Waals surface area contributed by atoms with Crippen LogP contribution in [0.5, 0.6) is 5.75 Å². The van der Waals surface area contributed by atoms with Crippen LogP contribution in [0.4, 0.5) is 5.69 Å². The van der Waals surface area contributed by atoms with E-state index in [4.69, 9.17) is 9.15 Å². The van der Waals surface area contributed by atoms with Gasteiger partial charge in [0.15, 0.2) is 5.58 Å². The van der Waals surface area contributed by atoms with Crippen LogP contribution in [0.2, 0.25) is 0 Å². The van der Waals surface area contributed by atoms with Gasteiger partial charge in [-0.25, -0.2) is 13.2 Å². The largest absolute Gasteiger partial charge is 0.506 e. The molecular formula is C19H19N3O7S. The molecule has 0 radical (unpaired) electrons. The van der Waals surface area contributed by atoms with Gasteiger partial charge >= 0.3 is 5.76 Å². The quantitative estimate of drug-likeness (QED) is 0.573. The highest BCUT2D eigenvalue weighted by Gasteiger charge is 2.27. The Morgan fingerprint density at radius 3 is 2.63 bits per heavy atom. The average Bonchev–Trinajstić information content (AvgIpc) is 3.05. The molecule has 0 aliphatic carbocycles. The van der Waals surface area contributed by atoms with Crippen LogP contribution in [0.3, 0.4) is 0 Å². The van der Waals surface area contributed by atoms with Gasteiger partial charge < -0.3 is 19.6 Å². The van der Waals surface area contributed by atoms with Crippen molar-refractivity contribution in [1.82, 2.24) is 8.87 Å². The fourth-order valence-corrected chi connectivity index (χ4v) is 4.64. The molecule has 1 fully saturated rings. The molecular weight excluding hydrogens is 414 g/mol. The number of oxazole rings is 1. The summed E-state index contributed by atoms with van der Waals surface area (Å²) < 4.78 is 38.3. The van der Waals surface area contributed by atoms with Gasteiger partial charge in [0.05, 0.1) is 29.3 Å². The lowest BCUT2D eigenvalue weighted by Gasteiger charge is -2.26. The van der Waals surface area contributed by atoms with Gasteiger partial charge in [-0.3, -0.25) is 9.36 Å². The smallest absolute Gasteiger partial charge is 0.420 e. The summed E-state index contributed by atoms with van der Waals surface area (Å²) in [5.74, 6) is -1.62. The maximum Gasteiger partial charge on any atom is 0.420 e. The number of aromatic hydroxyl groups is 1. The first-order chi connectivity index (χ1) is 14.4. The number of phenols is 1. The van der Waals surface area contributed by atoms with E-state index in [0.717, 1.165) is 4.57 Å². The summed E-state index contributed by atoms with van der Waals surface area (Å²) in [6, 6.07) is 10.3. The molecule has 158 valence electrons. The van der Waals surface area contributed by atoms with Crippen LogP contribution in [-0.4, -0.2) is 54.6 Å². The van der Waals surface area contributed by atoms with Crippen molar-refractivity contribution in [3.8, 4) is 5.75 Å².